The van der Waals surface area contributed by atoms with Gasteiger partial charge in [-0.15, -0.1) is 0 Å². The first-order valence-electron chi connectivity index (χ1n) is 0.333. The van der Waals surface area contributed by atoms with Crippen molar-refractivity contribution >= 4 is 0 Å². The minimum absolute atomic E-state index is 0. The fourth-order valence-electron chi connectivity index (χ4n) is 0. The first-order valence-corrected chi connectivity index (χ1v) is 0.333. The van der Waals surface area contributed by atoms with E-state index in [1.807, 2.05) is 0 Å². The van der Waals surface area contributed by atoms with Crippen LogP contribution in [0.1, 0.15) is 0 Å². The summed E-state index contributed by atoms with van der Waals surface area (Å²) in [7, 11) is 0. The number of rotatable bonds is 0. The average molecular weight is 100.0 g/mol. The van der Waals surface area contributed by atoms with E-state index in [1.54, 1.807) is 4.75 Å². The van der Waals surface area contributed by atoms with Crippen molar-refractivity contribution < 1.29 is 22.6 Å². The van der Waals surface area contributed by atoms with Crippen LogP contribution in [0.15, 0.2) is 0 Å². The van der Waals surface area contributed by atoms with E-state index in [1.165, 1.54) is 0 Å². The third kappa shape index (κ3) is 368. The Hall–Kier alpha value is -0.0675. The van der Waals surface area contributed by atoms with Gasteiger partial charge in [0.15, 0.2) is 4.75 Å². The maximum Gasteiger partial charge on any atom is 0.154 e. The van der Waals surface area contributed by atoms with Crippen molar-refractivity contribution in [2.24, 2.45) is 0 Å². The standard InChI is InChI=1S/Cr.O3/c;1-3-2. The molecule has 24 valence electrons. The van der Waals surface area contributed by atoms with Crippen molar-refractivity contribution in [1.29, 1.82) is 0 Å². The van der Waals surface area contributed by atoms with Crippen molar-refractivity contribution in [2.75, 3.05) is 0 Å². The minimum Gasteiger partial charge on any atom is -0.0772 e. The predicted octanol–water partition coefficient (Wildman–Crippen LogP) is -1.12. The van der Waals surface area contributed by atoms with Gasteiger partial charge < -0.3 is 0 Å². The van der Waals surface area contributed by atoms with E-state index in [0.29, 0.717) is 0 Å². The first-order chi connectivity index (χ1) is 1.41. The first kappa shape index (κ1) is 9.06. The van der Waals surface area contributed by atoms with Crippen LogP contribution in [0.4, 0.5) is 0 Å². The molecule has 0 radical (unpaired) electrons. The monoisotopic (exact) mass is 99.9 g/mol. The second-order valence-corrected chi connectivity index (χ2v) is 0.0680. The van der Waals surface area contributed by atoms with E-state index in [0.717, 1.165) is 0 Å². The van der Waals surface area contributed by atoms with E-state index < -0.39 is 0 Å². The molecular weight excluding hydrogens is 100.0 g/mol. The summed E-state index contributed by atoms with van der Waals surface area (Å²) in [6.07, 6.45) is 0. The Labute approximate surface area is 33.2 Å². The van der Waals surface area contributed by atoms with Gasteiger partial charge in [0, 0.05) is 17.4 Å². The van der Waals surface area contributed by atoms with Crippen molar-refractivity contribution in [2.45, 2.75) is 0 Å². The Kier molecular flexibility index (Phi) is 28.5. The summed E-state index contributed by atoms with van der Waals surface area (Å²) in [6.45, 7) is 0. The summed E-state index contributed by atoms with van der Waals surface area (Å²) in [5, 5.41) is 7.88. The molecule has 0 spiro atoms. The van der Waals surface area contributed by atoms with E-state index in [2.05, 4.69) is 0 Å². The zero-order valence-corrected chi connectivity index (χ0v) is 2.91. The zero-order chi connectivity index (χ0) is 2.71. The van der Waals surface area contributed by atoms with Gasteiger partial charge in [-0.05, 0) is 0 Å². The van der Waals surface area contributed by atoms with E-state index in [-0.39, 0.29) is 17.4 Å². The van der Waals surface area contributed by atoms with Gasteiger partial charge in [-0.3, -0.25) is 0 Å². The maximum absolute atomic E-state index is 7.88. The van der Waals surface area contributed by atoms with Crippen LogP contribution in [0, 0.1) is 9.71 Å². The Balaban J connectivity index is 0. The van der Waals surface area contributed by atoms with Gasteiger partial charge in [0.2, 0.25) is 0 Å². The van der Waals surface area contributed by atoms with Crippen LogP contribution in [0.3, 0.4) is 0 Å². The van der Waals surface area contributed by atoms with Gasteiger partial charge in [0.1, 0.15) is 0 Å². The average Bonchev–Trinajstić information content (AvgIpc) is 0.918. The van der Waals surface area contributed by atoms with Crippen molar-refractivity contribution in [3.05, 3.63) is 9.71 Å². The summed E-state index contributed by atoms with van der Waals surface area (Å²) in [4.78, 5) is 7.88. The molecule has 0 aliphatic carbocycles. The molecule has 0 aromatic rings. The molecule has 0 aromatic heterocycles. The summed E-state index contributed by atoms with van der Waals surface area (Å²) < 4.78 is 1.75. The SMILES string of the molecule is O=[O+][O-].[Cr]. The fourth-order valence-corrected chi connectivity index (χ4v) is 0. The molecule has 0 aliphatic heterocycles. The van der Waals surface area contributed by atoms with Crippen LogP contribution in [0.25, 0.3) is 0 Å². The summed E-state index contributed by atoms with van der Waals surface area (Å²) >= 11 is 0. The third-order valence-corrected chi connectivity index (χ3v) is 0. The van der Waals surface area contributed by atoms with Crippen LogP contribution in [0.5, 0.6) is 0 Å². The van der Waals surface area contributed by atoms with Crippen LogP contribution < -0.4 is 5.26 Å². The molecule has 0 unspecified atom stereocenters. The van der Waals surface area contributed by atoms with Gasteiger partial charge in [-0.2, -0.15) is 0 Å². The van der Waals surface area contributed by atoms with Gasteiger partial charge in [-0.1, -0.05) is 10.2 Å². The maximum atomic E-state index is 7.88. The smallest absolute Gasteiger partial charge is 0.0772 e. The second kappa shape index (κ2) is 12.6. The topological polar surface area (TPSA) is 51.4 Å². The predicted molar refractivity (Wildman–Crippen MR) is 6.73 cm³/mol. The van der Waals surface area contributed by atoms with Crippen LogP contribution in [-0.2, 0) is 17.4 Å². The molecule has 0 N–H and O–H groups in total. The zero-order valence-electron chi connectivity index (χ0n) is 1.63. The third-order valence-electron chi connectivity index (χ3n) is 0. The number of hydrogen-bond acceptors (Lipinski definition) is 2. The molecule has 0 aliphatic rings. The van der Waals surface area contributed by atoms with Gasteiger partial charge in [0.05, 0.1) is 0 Å². The van der Waals surface area contributed by atoms with Crippen molar-refractivity contribution in [3.63, 3.8) is 0 Å². The van der Waals surface area contributed by atoms with E-state index >= 15 is 0 Å². The van der Waals surface area contributed by atoms with Crippen molar-refractivity contribution in [1.82, 2.24) is 0 Å². The minimum atomic E-state index is 0. The van der Waals surface area contributed by atoms with Gasteiger partial charge >= 0.3 is 0 Å². The molecule has 3 nitrogen and oxygen atoms in total. The molecule has 0 fully saturated rings. The van der Waals surface area contributed by atoms with Crippen LogP contribution >= 0.6 is 0 Å². The molecule has 0 saturated carbocycles. The van der Waals surface area contributed by atoms with E-state index in [4.69, 9.17) is 10.2 Å². The summed E-state index contributed by atoms with van der Waals surface area (Å²) in [5.41, 5.74) is 0. The van der Waals surface area contributed by atoms with Gasteiger partial charge in [-0.25, -0.2) is 0 Å². The number of hydrogen-bond donors (Lipinski definition) is 0. The molecule has 0 aromatic carbocycles. The van der Waals surface area contributed by atoms with E-state index in [9.17, 15) is 0 Å². The fraction of sp³-hybridized carbons (Fsp3) is 0. The molecule has 4 heavy (non-hydrogen) atoms. The Bertz CT molecular complexity index is 10.8. The second-order valence-electron chi connectivity index (χ2n) is 0.0680. The molecule has 0 bridgehead atoms. The molecule has 0 amide bonds. The summed E-state index contributed by atoms with van der Waals surface area (Å²) in [5.74, 6) is 0. The molecular formula is CrO3. The van der Waals surface area contributed by atoms with Gasteiger partial charge in [0.25, 0.3) is 0 Å². The Morgan fingerprint density at radius 3 is 1.75 bits per heavy atom. The summed E-state index contributed by atoms with van der Waals surface area (Å²) in [6, 6.07) is 0. The molecule has 4 heteroatoms. The molecule has 0 saturated heterocycles. The molecule has 0 atom stereocenters. The molecule has 0 rings (SSSR count). The Morgan fingerprint density at radius 2 is 1.75 bits per heavy atom. The normalized spacial score (nSPS) is 3.00. The van der Waals surface area contributed by atoms with Crippen LogP contribution in [0.2, 0.25) is 0 Å². The van der Waals surface area contributed by atoms with Crippen LogP contribution in [-0.4, -0.2) is 0 Å². The Morgan fingerprint density at radius 1 is 1.75 bits per heavy atom. The largest absolute Gasteiger partial charge is 0.154 e. The van der Waals surface area contributed by atoms with Crippen molar-refractivity contribution in [3.8, 4) is 0 Å². The quantitative estimate of drug-likeness (QED) is 0.220. The molecule has 0 heterocycles.